The Bertz CT molecular complexity index is 1120. The summed E-state index contributed by atoms with van der Waals surface area (Å²) in [5, 5.41) is 18.3. The number of nitrogens with one attached hydrogen (secondary N) is 1. The fraction of sp³-hybridized carbons (Fsp3) is 0.932. The molecule has 2 fully saturated rings. The van der Waals surface area contributed by atoms with Gasteiger partial charge in [0.1, 0.15) is 5.67 Å². The van der Waals surface area contributed by atoms with Gasteiger partial charge in [0.15, 0.2) is 0 Å². The summed E-state index contributed by atoms with van der Waals surface area (Å²) >= 11 is 0. The van der Waals surface area contributed by atoms with Crippen molar-refractivity contribution in [3.8, 4) is 0 Å². The number of rotatable bonds is 9. The van der Waals surface area contributed by atoms with E-state index in [1.54, 1.807) is 34.6 Å². The molecular weight excluding hydrogens is 700 g/mol. The zero-order chi connectivity index (χ0) is 44.9. The quantitative estimate of drug-likeness (QED) is 0.203. The first-order valence-corrected chi connectivity index (χ1v) is 21.7. The second kappa shape index (κ2) is 26.2. The van der Waals surface area contributed by atoms with Gasteiger partial charge in [0.05, 0.1) is 17.0 Å². The van der Waals surface area contributed by atoms with Crippen molar-refractivity contribution in [2.45, 2.75) is 224 Å². The lowest BCUT2D eigenvalue weighted by atomic mass is 9.92. The van der Waals surface area contributed by atoms with E-state index in [4.69, 9.17) is 24.8 Å². The molecule has 0 saturated heterocycles. The average Bonchev–Trinajstić information content (AvgIpc) is 3.94. The number of alkyl halides is 1. The summed E-state index contributed by atoms with van der Waals surface area (Å²) in [4.78, 5) is 10.5. The molecule has 322 valence electrons. The second-order valence-electron chi connectivity index (χ2n) is 19.2. The molecule has 3 N–H and O–H groups in total. The van der Waals surface area contributed by atoms with Crippen LogP contribution in [0.25, 0.3) is 14.5 Å². The van der Waals surface area contributed by atoms with E-state index in [0.29, 0.717) is 29.6 Å². The lowest BCUT2D eigenvalue weighted by molar-refractivity contribution is 0.0327. The minimum atomic E-state index is -2.97. The van der Waals surface area contributed by atoms with Gasteiger partial charge in [-0.3, -0.25) is 0 Å². The number of sulfonamides is 1. The molecule has 0 unspecified atom stereocenters. The number of nitrogens with zero attached hydrogens (tertiary/aromatic N) is 3. The molecule has 0 aromatic rings. The van der Waals surface area contributed by atoms with Gasteiger partial charge >= 0.3 is 0 Å². The molecule has 2 saturated carbocycles. The smallest absolute Gasteiger partial charge is 0.235 e. The Kier molecular flexibility index (Phi) is 29.8. The minimum absolute atomic E-state index is 0.00921. The van der Waals surface area contributed by atoms with Crippen LogP contribution in [0.4, 0.5) is 4.39 Å². The zero-order valence-electron chi connectivity index (χ0n) is 39.4. The summed E-state index contributed by atoms with van der Waals surface area (Å²) in [6.45, 7) is 64.6. The van der Waals surface area contributed by atoms with Gasteiger partial charge in [0, 0.05) is 64.3 Å². The third-order valence-electron chi connectivity index (χ3n) is 10.9. The molecule has 0 aromatic heterocycles. The predicted octanol–water partition coefficient (Wildman–Crippen LogP) is 12.1. The Morgan fingerprint density at radius 3 is 0.963 bits per heavy atom. The molecule has 0 aromatic carbocycles. The van der Waals surface area contributed by atoms with Gasteiger partial charge in [0.25, 0.3) is 0 Å². The average molecular weight is 789 g/mol. The van der Waals surface area contributed by atoms with E-state index in [1.165, 1.54) is 0 Å². The fourth-order valence-corrected chi connectivity index (χ4v) is 3.24. The highest BCUT2D eigenvalue weighted by Crippen LogP contribution is 2.46. The number of aliphatic hydroxyl groups is 2. The van der Waals surface area contributed by atoms with Crippen LogP contribution < -0.4 is 4.72 Å². The van der Waals surface area contributed by atoms with E-state index in [-0.39, 0.29) is 39.9 Å². The van der Waals surface area contributed by atoms with Gasteiger partial charge in [-0.1, -0.05) is 83.1 Å². The normalized spacial score (nSPS) is 15.5. The highest BCUT2D eigenvalue weighted by atomic mass is 32.2. The van der Waals surface area contributed by atoms with Crippen LogP contribution in [0.2, 0.25) is 0 Å². The molecule has 0 spiro atoms. The molecule has 2 aliphatic rings. The van der Waals surface area contributed by atoms with Gasteiger partial charge in [-0.25, -0.2) is 37.2 Å². The van der Waals surface area contributed by atoms with E-state index in [1.807, 2.05) is 69.2 Å². The first-order chi connectivity index (χ1) is 23.7. The number of hydrogen-bond donors (Lipinski definition) is 3. The van der Waals surface area contributed by atoms with Crippen LogP contribution >= 0.6 is 0 Å². The summed E-state index contributed by atoms with van der Waals surface area (Å²) in [7, 11) is -2.97. The zero-order valence-corrected chi connectivity index (χ0v) is 40.2. The van der Waals surface area contributed by atoms with Gasteiger partial charge in [0.2, 0.25) is 26.6 Å². The van der Waals surface area contributed by atoms with Crippen molar-refractivity contribution in [2.24, 2.45) is 35.5 Å². The summed E-state index contributed by atoms with van der Waals surface area (Å²) in [5.74, 6) is 2.60. The molecule has 0 aliphatic heterocycles. The van der Waals surface area contributed by atoms with Gasteiger partial charge in [-0.05, 0) is 79.1 Å². The van der Waals surface area contributed by atoms with Crippen LogP contribution in [0.3, 0.4) is 0 Å². The lowest BCUT2D eigenvalue weighted by Crippen LogP contribution is -2.31. The van der Waals surface area contributed by atoms with Crippen LogP contribution in [0.5, 0.6) is 0 Å². The van der Waals surface area contributed by atoms with Crippen molar-refractivity contribution in [1.29, 1.82) is 0 Å². The van der Waals surface area contributed by atoms with E-state index >= 15 is 0 Å². The molecule has 0 bridgehead atoms. The molecular formula is C44H89FN4O4S. The molecule has 8 nitrogen and oxygen atoms in total. The predicted molar refractivity (Wildman–Crippen MR) is 232 cm³/mol. The molecule has 2 rings (SSSR count). The second-order valence-corrected chi connectivity index (χ2v) is 21.2. The lowest BCUT2D eigenvalue weighted by Gasteiger charge is -2.21. The van der Waals surface area contributed by atoms with E-state index in [2.05, 4.69) is 74.6 Å². The SMILES string of the molecule is CC(C)C(C)(C)F.CC(C)C(C)(C)O.CC(C)C1(O)CC1.CCS(=O)(=O)NC(C)C.[C-]#[N+]C(C)(C)C(C)C.[C-]#[N+]C(C)(C)C(C)C.[C-]#[N+]C1(C(C)C)CC1. The maximum Gasteiger partial charge on any atom is 0.235 e. The molecule has 2 aliphatic carbocycles. The van der Waals surface area contributed by atoms with Crippen molar-refractivity contribution < 1.29 is 23.0 Å². The highest BCUT2D eigenvalue weighted by Gasteiger charge is 2.53. The van der Waals surface area contributed by atoms with Crippen LogP contribution in [0.15, 0.2) is 0 Å². The van der Waals surface area contributed by atoms with Gasteiger partial charge in [-0.2, -0.15) is 0 Å². The number of hydrogen-bond acceptors (Lipinski definition) is 4. The Labute approximate surface area is 336 Å². The molecule has 0 heterocycles. The minimum Gasteiger partial charge on any atom is -0.390 e. The maximum atomic E-state index is 12.5. The van der Waals surface area contributed by atoms with E-state index < -0.39 is 21.3 Å². The number of halogens is 1. The van der Waals surface area contributed by atoms with E-state index in [0.717, 1.165) is 25.7 Å². The largest absolute Gasteiger partial charge is 0.390 e. The van der Waals surface area contributed by atoms with Crippen LogP contribution in [-0.4, -0.2) is 63.9 Å². The molecule has 0 atom stereocenters. The van der Waals surface area contributed by atoms with Crippen molar-refractivity contribution in [1.82, 2.24) is 4.72 Å². The maximum absolute atomic E-state index is 12.5. The van der Waals surface area contributed by atoms with Crippen LogP contribution in [-0.2, 0) is 10.0 Å². The van der Waals surface area contributed by atoms with Crippen LogP contribution in [0.1, 0.15) is 185 Å². The van der Waals surface area contributed by atoms with Crippen molar-refractivity contribution >= 4 is 10.0 Å². The third-order valence-corrected chi connectivity index (χ3v) is 12.5. The summed E-state index contributed by atoms with van der Waals surface area (Å²) in [6, 6.07) is 0.00921. The van der Waals surface area contributed by atoms with Crippen molar-refractivity contribution in [3.05, 3.63) is 34.3 Å². The molecule has 0 radical (unpaired) electrons. The summed E-state index contributed by atoms with van der Waals surface area (Å²) in [6.07, 6.45) is 4.30. The van der Waals surface area contributed by atoms with Crippen molar-refractivity contribution in [2.75, 3.05) is 5.75 Å². The Morgan fingerprint density at radius 2 is 0.944 bits per heavy atom. The Balaban J connectivity index is -0.000000173. The topological polar surface area (TPSA) is 99.7 Å². The fourth-order valence-electron chi connectivity index (χ4n) is 2.35. The summed E-state index contributed by atoms with van der Waals surface area (Å²) in [5.41, 5.74) is -2.00. The highest BCUT2D eigenvalue weighted by molar-refractivity contribution is 7.89. The van der Waals surface area contributed by atoms with Crippen molar-refractivity contribution in [3.63, 3.8) is 0 Å². The standard InChI is InChI=1S/C7H11N.2C7H13N.C6H13F.C6H12O.C6H14O.C5H13NO2S/c1-6(2)7(8-3)4-5-7;2*1-6(2)7(3,4)8-5;1-5(2)6(3,4)7;1-5(2)6(7)3-4-6;1-5(2)6(3,4)7;1-4-9(7,8)6-5(2)3/h6H,4-5H2,1-2H3;2*6H,1-4H3;5H,1-4H3;5,7H,3-4H2,1-2H3;5,7H,1-4H3;5-6H,4H2,1-3H3. The first-order valence-electron chi connectivity index (χ1n) is 20.0. The van der Waals surface area contributed by atoms with Gasteiger partial charge < -0.3 is 24.7 Å². The van der Waals surface area contributed by atoms with E-state index in [9.17, 15) is 17.9 Å². The molecule has 10 heteroatoms. The monoisotopic (exact) mass is 789 g/mol. The first kappa shape index (κ1) is 61.5. The Morgan fingerprint density at radius 1 is 0.648 bits per heavy atom. The van der Waals surface area contributed by atoms with Gasteiger partial charge in [-0.15, -0.1) is 0 Å². The van der Waals surface area contributed by atoms with Crippen LogP contribution in [0, 0.1) is 55.2 Å². The summed E-state index contributed by atoms with van der Waals surface area (Å²) < 4.78 is 36.3. The Hall–Kier alpha value is -1.77. The molecule has 54 heavy (non-hydrogen) atoms. The molecule has 0 amide bonds. The third kappa shape index (κ3) is 32.5.